The van der Waals surface area contributed by atoms with E-state index < -0.39 is 14.6 Å². The Morgan fingerprint density at radius 3 is 2.27 bits per heavy atom. The highest BCUT2D eigenvalue weighted by atomic mass is 32.2. The van der Waals surface area contributed by atoms with Crippen LogP contribution < -0.4 is 0 Å². The fourth-order valence-corrected chi connectivity index (χ4v) is 6.82. The molecule has 0 bridgehead atoms. The number of hydrogen-bond acceptors (Lipinski definition) is 4. The maximum absolute atomic E-state index is 13.7. The molecule has 5 nitrogen and oxygen atoms in total. The Morgan fingerprint density at radius 2 is 1.69 bits per heavy atom. The molecule has 2 unspecified atom stereocenters. The number of benzene rings is 1. The summed E-state index contributed by atoms with van der Waals surface area (Å²) in [6.07, 6.45) is 2.19. The molecule has 2 atom stereocenters. The van der Waals surface area contributed by atoms with E-state index in [1.807, 2.05) is 32.9 Å². The van der Waals surface area contributed by atoms with Crippen molar-refractivity contribution in [1.29, 1.82) is 0 Å². The van der Waals surface area contributed by atoms with Crippen LogP contribution in [0.4, 0.5) is 0 Å². The maximum atomic E-state index is 13.7. The number of carbonyl (C=O) groups is 1. The first-order valence-electron chi connectivity index (χ1n) is 9.44. The van der Waals surface area contributed by atoms with Crippen LogP contribution in [0.25, 0.3) is 0 Å². The van der Waals surface area contributed by atoms with Gasteiger partial charge in [-0.1, -0.05) is 25.0 Å². The van der Waals surface area contributed by atoms with Gasteiger partial charge >= 0.3 is 0 Å². The number of hydrogen-bond donors (Lipinski definition) is 0. The Kier molecular flexibility index (Phi) is 5.19. The van der Waals surface area contributed by atoms with Crippen LogP contribution >= 0.6 is 0 Å². The Labute approximate surface area is 156 Å². The lowest BCUT2D eigenvalue weighted by Crippen LogP contribution is -2.57. The fourth-order valence-electron chi connectivity index (χ4n) is 4.38. The van der Waals surface area contributed by atoms with E-state index in [1.54, 1.807) is 17.9 Å². The summed E-state index contributed by atoms with van der Waals surface area (Å²) in [5.74, 6) is -0.238. The smallest absolute Gasteiger partial charge is 0.244 e. The van der Waals surface area contributed by atoms with Crippen LogP contribution in [0, 0.1) is 13.8 Å². The molecule has 0 N–H and O–H groups in total. The van der Waals surface area contributed by atoms with Gasteiger partial charge in [-0.25, -0.2) is 8.42 Å². The number of morpholine rings is 1. The second-order valence-electron chi connectivity index (χ2n) is 7.94. The van der Waals surface area contributed by atoms with Crippen molar-refractivity contribution in [2.45, 2.75) is 75.2 Å². The highest BCUT2D eigenvalue weighted by molar-refractivity contribution is 7.93. The van der Waals surface area contributed by atoms with E-state index in [9.17, 15) is 13.2 Å². The lowest BCUT2D eigenvalue weighted by Gasteiger charge is -2.40. The minimum atomic E-state index is -3.77. The van der Waals surface area contributed by atoms with Gasteiger partial charge in [-0.2, -0.15) is 0 Å². The van der Waals surface area contributed by atoms with Gasteiger partial charge in [0.2, 0.25) is 5.91 Å². The molecule has 2 aliphatic rings. The molecule has 1 heterocycles. The van der Waals surface area contributed by atoms with Gasteiger partial charge in [0.1, 0.15) is 0 Å². The zero-order valence-corrected chi connectivity index (χ0v) is 16.9. The van der Waals surface area contributed by atoms with Crippen molar-refractivity contribution >= 4 is 15.7 Å². The zero-order valence-electron chi connectivity index (χ0n) is 16.1. The number of aryl methyl sites for hydroxylation is 2. The third kappa shape index (κ3) is 3.18. The topological polar surface area (TPSA) is 63.7 Å². The van der Waals surface area contributed by atoms with E-state index in [0.29, 0.717) is 36.4 Å². The molecule has 1 amide bonds. The predicted molar refractivity (Wildman–Crippen MR) is 101 cm³/mol. The molecule has 144 valence electrons. The standard InChI is InChI=1S/C20H29NO4S/c1-14-7-8-15(2)18(11-14)26(23,24)20(9-5-6-10-20)19(22)21-12-16(3)25-17(4)13-21/h7-8,11,16-17H,5-6,9-10,12-13H2,1-4H3. The van der Waals surface area contributed by atoms with E-state index in [2.05, 4.69) is 0 Å². The normalized spacial score (nSPS) is 26.1. The van der Waals surface area contributed by atoms with Crippen molar-refractivity contribution in [1.82, 2.24) is 4.90 Å². The number of amides is 1. The first kappa shape index (κ1) is 19.4. The van der Waals surface area contributed by atoms with E-state index in [1.165, 1.54) is 0 Å². The monoisotopic (exact) mass is 379 g/mol. The lowest BCUT2D eigenvalue weighted by atomic mass is 10.0. The summed E-state index contributed by atoms with van der Waals surface area (Å²) in [4.78, 5) is 15.5. The molecular weight excluding hydrogens is 350 g/mol. The van der Waals surface area contributed by atoms with Crippen LogP contribution in [0.15, 0.2) is 23.1 Å². The molecule has 1 aliphatic heterocycles. The van der Waals surface area contributed by atoms with E-state index in [0.717, 1.165) is 18.4 Å². The Morgan fingerprint density at radius 1 is 1.12 bits per heavy atom. The molecule has 1 saturated carbocycles. The number of sulfone groups is 1. The summed E-state index contributed by atoms with van der Waals surface area (Å²) in [5, 5.41) is 0. The molecule has 1 saturated heterocycles. The predicted octanol–water partition coefficient (Wildman–Crippen LogP) is 3.03. The zero-order chi connectivity index (χ0) is 19.1. The van der Waals surface area contributed by atoms with Crippen LogP contribution in [0.1, 0.15) is 50.7 Å². The van der Waals surface area contributed by atoms with Crippen LogP contribution in [0.2, 0.25) is 0 Å². The van der Waals surface area contributed by atoms with Gasteiger partial charge in [0, 0.05) is 13.1 Å². The Bertz CT molecular complexity index is 786. The van der Waals surface area contributed by atoms with Crippen LogP contribution in [-0.4, -0.2) is 49.3 Å². The van der Waals surface area contributed by atoms with Crippen LogP contribution in [-0.2, 0) is 19.4 Å². The van der Waals surface area contributed by atoms with E-state index in [4.69, 9.17) is 4.74 Å². The van der Waals surface area contributed by atoms with Gasteiger partial charge in [0.15, 0.2) is 14.6 Å². The van der Waals surface area contributed by atoms with Crippen molar-refractivity contribution in [2.75, 3.05) is 13.1 Å². The summed E-state index contributed by atoms with van der Waals surface area (Å²) < 4.78 is 31.8. The fraction of sp³-hybridized carbons (Fsp3) is 0.650. The summed E-state index contributed by atoms with van der Waals surface area (Å²) in [6.45, 7) is 8.44. The Balaban J connectivity index is 2.05. The minimum absolute atomic E-state index is 0.0791. The van der Waals surface area contributed by atoms with Gasteiger partial charge < -0.3 is 9.64 Å². The van der Waals surface area contributed by atoms with Gasteiger partial charge in [-0.05, 0) is 57.7 Å². The quantitative estimate of drug-likeness (QED) is 0.810. The van der Waals surface area contributed by atoms with Crippen LogP contribution in [0.5, 0.6) is 0 Å². The third-order valence-electron chi connectivity index (χ3n) is 5.66. The Hall–Kier alpha value is -1.40. The first-order chi connectivity index (χ1) is 12.2. The highest BCUT2D eigenvalue weighted by Gasteiger charge is 2.55. The SMILES string of the molecule is Cc1ccc(C)c(S(=O)(=O)C2(C(=O)N3CC(C)OC(C)C3)CCCC2)c1. The molecule has 6 heteroatoms. The number of nitrogens with zero attached hydrogens (tertiary/aromatic N) is 1. The number of ether oxygens (including phenoxy) is 1. The van der Waals surface area contributed by atoms with E-state index in [-0.39, 0.29) is 18.1 Å². The van der Waals surface area contributed by atoms with Crippen molar-refractivity contribution in [3.8, 4) is 0 Å². The average Bonchev–Trinajstić information content (AvgIpc) is 3.07. The van der Waals surface area contributed by atoms with Crippen molar-refractivity contribution in [3.63, 3.8) is 0 Å². The molecule has 2 fully saturated rings. The summed E-state index contributed by atoms with van der Waals surface area (Å²) in [7, 11) is -3.77. The van der Waals surface area contributed by atoms with Crippen molar-refractivity contribution in [3.05, 3.63) is 29.3 Å². The minimum Gasteiger partial charge on any atom is -0.372 e. The molecule has 0 spiro atoms. The average molecular weight is 380 g/mol. The highest BCUT2D eigenvalue weighted by Crippen LogP contribution is 2.43. The third-order valence-corrected chi connectivity index (χ3v) is 8.29. The molecule has 1 aliphatic carbocycles. The summed E-state index contributed by atoms with van der Waals surface area (Å²) >= 11 is 0. The lowest BCUT2D eigenvalue weighted by molar-refractivity contribution is -0.145. The van der Waals surface area contributed by atoms with Crippen LogP contribution in [0.3, 0.4) is 0 Å². The second kappa shape index (κ2) is 6.97. The van der Waals surface area contributed by atoms with Crippen molar-refractivity contribution < 1.29 is 17.9 Å². The van der Waals surface area contributed by atoms with Gasteiger partial charge in [-0.15, -0.1) is 0 Å². The molecule has 3 rings (SSSR count). The van der Waals surface area contributed by atoms with E-state index >= 15 is 0 Å². The van der Waals surface area contributed by atoms with Crippen molar-refractivity contribution in [2.24, 2.45) is 0 Å². The molecular formula is C20H29NO4S. The van der Waals surface area contributed by atoms with Gasteiger partial charge in [0.25, 0.3) is 0 Å². The summed E-state index contributed by atoms with van der Waals surface area (Å²) in [6, 6.07) is 5.44. The van der Waals surface area contributed by atoms with Gasteiger partial charge in [0.05, 0.1) is 17.1 Å². The maximum Gasteiger partial charge on any atom is 0.244 e. The number of rotatable bonds is 3. The summed E-state index contributed by atoms with van der Waals surface area (Å²) in [5.41, 5.74) is 1.60. The first-order valence-corrected chi connectivity index (χ1v) is 10.9. The molecule has 0 aromatic heterocycles. The largest absolute Gasteiger partial charge is 0.372 e. The molecule has 0 radical (unpaired) electrons. The molecule has 26 heavy (non-hydrogen) atoms. The second-order valence-corrected chi connectivity index (χ2v) is 10.2. The molecule has 1 aromatic carbocycles. The van der Waals surface area contributed by atoms with Gasteiger partial charge in [-0.3, -0.25) is 4.79 Å². The molecule has 1 aromatic rings. The number of carbonyl (C=O) groups excluding carboxylic acids is 1.